The maximum absolute atomic E-state index is 13.6. The molecule has 12 nitrogen and oxygen atoms in total. The number of H-pyrrole nitrogens is 1. The molecule has 1 aliphatic heterocycles. The van der Waals surface area contributed by atoms with E-state index in [9.17, 15) is 29.1 Å². The first-order valence-electron chi connectivity index (χ1n) is 15.2. The van der Waals surface area contributed by atoms with Gasteiger partial charge < -0.3 is 35.5 Å². The van der Waals surface area contributed by atoms with Crippen LogP contribution in [0.3, 0.4) is 0 Å². The van der Waals surface area contributed by atoms with Gasteiger partial charge in [-0.25, -0.2) is 0 Å². The molecule has 3 amide bonds. The normalized spacial score (nSPS) is 17.2. The molecule has 0 aliphatic carbocycles. The Morgan fingerprint density at radius 1 is 1.14 bits per heavy atom. The number of hydrogen-bond donors (Lipinski definition) is 5. The van der Waals surface area contributed by atoms with Crippen molar-refractivity contribution in [3.63, 3.8) is 0 Å². The lowest BCUT2D eigenvalue weighted by Crippen LogP contribution is -2.53. The molecular formula is C32H46N4O8. The van der Waals surface area contributed by atoms with Crippen molar-refractivity contribution in [2.24, 2.45) is 17.3 Å². The average Bonchev–Trinajstić information content (AvgIpc) is 3.59. The van der Waals surface area contributed by atoms with Crippen LogP contribution in [0.1, 0.15) is 77.2 Å². The van der Waals surface area contributed by atoms with Crippen LogP contribution in [0.4, 0.5) is 0 Å². The van der Waals surface area contributed by atoms with Gasteiger partial charge in [-0.1, -0.05) is 26.8 Å². The van der Waals surface area contributed by atoms with Crippen LogP contribution in [-0.2, 0) is 23.9 Å². The molecule has 5 N–H and O–H groups in total. The van der Waals surface area contributed by atoms with E-state index in [1.54, 1.807) is 39.2 Å². The fraction of sp³-hybridized carbons (Fsp3) is 0.594. The number of ether oxygens (including phenoxy) is 2. The molecule has 0 radical (unpaired) electrons. The Hall–Kier alpha value is -3.93. The Morgan fingerprint density at radius 2 is 1.86 bits per heavy atom. The number of aliphatic carboxylic acids is 1. The van der Waals surface area contributed by atoms with E-state index in [1.807, 2.05) is 26.8 Å². The van der Waals surface area contributed by atoms with Gasteiger partial charge in [0.2, 0.25) is 11.8 Å². The maximum Gasteiger partial charge on any atom is 0.309 e. The van der Waals surface area contributed by atoms with Crippen molar-refractivity contribution in [1.29, 1.82) is 0 Å². The molecule has 1 fully saturated rings. The zero-order chi connectivity index (χ0) is 32.6. The molecule has 1 aliphatic rings. The molecule has 0 spiro atoms. The number of aromatic nitrogens is 1. The van der Waals surface area contributed by atoms with Gasteiger partial charge in [-0.05, 0) is 70.1 Å². The minimum absolute atomic E-state index is 0.0369. The second-order valence-electron chi connectivity index (χ2n) is 12.5. The summed E-state index contributed by atoms with van der Waals surface area (Å²) in [6.07, 6.45) is 1.13. The fourth-order valence-corrected chi connectivity index (χ4v) is 5.34. The highest BCUT2D eigenvalue weighted by molar-refractivity contribution is 6.02. The Labute approximate surface area is 258 Å². The number of carboxylic acids is 1. The summed E-state index contributed by atoms with van der Waals surface area (Å²) < 4.78 is 11.2. The summed E-state index contributed by atoms with van der Waals surface area (Å²) in [5.74, 6) is -2.44. The Bertz CT molecular complexity index is 1350. The minimum atomic E-state index is -1.04. The van der Waals surface area contributed by atoms with Gasteiger partial charge in [0.1, 0.15) is 24.1 Å². The summed E-state index contributed by atoms with van der Waals surface area (Å²) in [6, 6.07) is 5.07. The Balaban J connectivity index is 1.76. The first-order valence-corrected chi connectivity index (χ1v) is 15.2. The van der Waals surface area contributed by atoms with Crippen molar-refractivity contribution < 1.29 is 38.6 Å². The van der Waals surface area contributed by atoms with E-state index >= 15 is 0 Å². The van der Waals surface area contributed by atoms with Gasteiger partial charge in [-0.15, -0.1) is 0 Å². The smallest absolute Gasteiger partial charge is 0.309 e. The topological polar surface area (TPSA) is 176 Å². The van der Waals surface area contributed by atoms with Crippen LogP contribution in [0.2, 0.25) is 0 Å². The largest absolute Gasteiger partial charge is 0.496 e. The highest BCUT2D eigenvalue weighted by atomic mass is 16.5. The number of amides is 3. The van der Waals surface area contributed by atoms with Crippen LogP contribution >= 0.6 is 0 Å². The van der Waals surface area contributed by atoms with Gasteiger partial charge in [0, 0.05) is 23.4 Å². The predicted octanol–water partition coefficient (Wildman–Crippen LogP) is 3.20. The van der Waals surface area contributed by atoms with Gasteiger partial charge in [0.05, 0.1) is 24.7 Å². The number of ketones is 1. The van der Waals surface area contributed by atoms with Gasteiger partial charge in [-0.2, -0.15) is 0 Å². The number of nitrogens with one attached hydrogen (secondary N) is 4. The van der Waals surface area contributed by atoms with E-state index in [0.29, 0.717) is 37.1 Å². The molecule has 242 valence electrons. The lowest BCUT2D eigenvalue weighted by atomic mass is 9.86. The van der Waals surface area contributed by atoms with Crippen LogP contribution in [0.15, 0.2) is 24.3 Å². The molecule has 1 saturated heterocycles. The number of rotatable bonds is 17. The molecule has 1 aromatic heterocycles. The summed E-state index contributed by atoms with van der Waals surface area (Å²) in [7, 11) is 1.54. The summed E-state index contributed by atoms with van der Waals surface area (Å²) in [4.78, 5) is 67.4. The van der Waals surface area contributed by atoms with Crippen LogP contribution in [0.25, 0.3) is 10.9 Å². The van der Waals surface area contributed by atoms with Crippen molar-refractivity contribution in [3.8, 4) is 5.75 Å². The number of carbonyl (C=O) groups excluding carboxylic acids is 4. The first kappa shape index (κ1) is 34.6. The molecule has 3 unspecified atom stereocenters. The van der Waals surface area contributed by atoms with Crippen LogP contribution in [0.5, 0.6) is 5.75 Å². The van der Waals surface area contributed by atoms with Crippen molar-refractivity contribution in [2.45, 2.75) is 84.9 Å². The molecule has 1 aromatic carbocycles. The van der Waals surface area contributed by atoms with Crippen molar-refractivity contribution >= 4 is 40.4 Å². The number of carboxylic acid groups (broad SMARTS) is 1. The number of fused-ring (bicyclic) bond motifs is 1. The molecule has 44 heavy (non-hydrogen) atoms. The van der Waals surface area contributed by atoms with Crippen molar-refractivity contribution in [3.05, 3.63) is 30.0 Å². The standard InChI is InChI=1S/C32H46N4O8/c1-7-20(16-32(4,5)31(41)42)44-17-26(37)23(14-19-11-12-33-28(19)38)35-29(39)24(13-18(2)3)36-30(40)25-15-21-22(34-25)9-8-10-27(21)43-6/h8-10,15,18-20,23-24,34H,7,11-14,16-17H2,1-6H3,(H,33,38)(H,35,39)(H,36,40)(H,41,42)/t19-,20?,23?,24?/m0/s1. The third kappa shape index (κ3) is 9.04. The number of carbonyl (C=O) groups is 5. The first-order chi connectivity index (χ1) is 20.7. The van der Waals surface area contributed by atoms with E-state index in [1.165, 1.54) is 0 Å². The van der Waals surface area contributed by atoms with E-state index < -0.39 is 53.1 Å². The molecular weight excluding hydrogens is 568 g/mol. The van der Waals surface area contributed by atoms with E-state index in [-0.39, 0.29) is 37.0 Å². The van der Waals surface area contributed by atoms with Gasteiger partial charge in [-0.3, -0.25) is 24.0 Å². The molecule has 2 heterocycles. The van der Waals surface area contributed by atoms with Gasteiger partial charge in [0.15, 0.2) is 5.78 Å². The SMILES string of the molecule is CCC(CC(C)(C)C(=O)O)OCC(=O)C(C[C@@H]1CCNC1=O)NC(=O)C(CC(C)C)NC(=O)c1cc2c(OC)cccc2[nH]1. The molecule has 4 atom stereocenters. The maximum atomic E-state index is 13.6. The number of Topliss-reactive ketones (excluding diaryl/α,β-unsaturated/α-hetero) is 1. The number of benzene rings is 1. The molecule has 12 heteroatoms. The third-order valence-electron chi connectivity index (χ3n) is 8.04. The zero-order valence-corrected chi connectivity index (χ0v) is 26.5. The third-order valence-corrected chi connectivity index (χ3v) is 8.04. The molecule has 2 aromatic rings. The van der Waals surface area contributed by atoms with Crippen LogP contribution in [-0.4, -0.2) is 78.0 Å². The highest BCUT2D eigenvalue weighted by Crippen LogP contribution is 2.27. The summed E-state index contributed by atoms with van der Waals surface area (Å²) in [6.45, 7) is 9.01. The quantitative estimate of drug-likeness (QED) is 0.180. The van der Waals surface area contributed by atoms with E-state index in [0.717, 1.165) is 5.39 Å². The highest BCUT2D eigenvalue weighted by Gasteiger charge is 2.35. The van der Waals surface area contributed by atoms with E-state index in [4.69, 9.17) is 9.47 Å². The second-order valence-corrected chi connectivity index (χ2v) is 12.5. The number of aromatic amines is 1. The lowest BCUT2D eigenvalue weighted by molar-refractivity contribution is -0.149. The number of hydrogen-bond acceptors (Lipinski definition) is 7. The van der Waals surface area contributed by atoms with E-state index in [2.05, 4.69) is 20.9 Å². The summed E-state index contributed by atoms with van der Waals surface area (Å²) in [5, 5.41) is 18.6. The van der Waals surface area contributed by atoms with Gasteiger partial charge in [0.25, 0.3) is 5.91 Å². The predicted molar refractivity (Wildman–Crippen MR) is 164 cm³/mol. The Kier molecular flexibility index (Phi) is 11.9. The minimum Gasteiger partial charge on any atom is -0.496 e. The lowest BCUT2D eigenvalue weighted by Gasteiger charge is -2.27. The van der Waals surface area contributed by atoms with Crippen molar-refractivity contribution in [1.82, 2.24) is 20.9 Å². The molecule has 0 bridgehead atoms. The van der Waals surface area contributed by atoms with Gasteiger partial charge >= 0.3 is 5.97 Å². The number of methoxy groups -OCH3 is 1. The molecule has 3 rings (SSSR count). The zero-order valence-electron chi connectivity index (χ0n) is 26.5. The monoisotopic (exact) mass is 614 g/mol. The van der Waals surface area contributed by atoms with Crippen LogP contribution in [0, 0.1) is 17.3 Å². The summed E-state index contributed by atoms with van der Waals surface area (Å²) in [5.41, 5.74) is -0.0842. The summed E-state index contributed by atoms with van der Waals surface area (Å²) >= 11 is 0. The Morgan fingerprint density at radius 3 is 2.45 bits per heavy atom. The average molecular weight is 615 g/mol. The fourth-order valence-electron chi connectivity index (χ4n) is 5.34. The van der Waals surface area contributed by atoms with Crippen molar-refractivity contribution in [2.75, 3.05) is 20.3 Å². The second kappa shape index (κ2) is 15.2. The molecule has 0 saturated carbocycles. The van der Waals surface area contributed by atoms with Crippen LogP contribution < -0.4 is 20.7 Å².